The van der Waals surface area contributed by atoms with E-state index in [1.54, 1.807) is 11.8 Å². The van der Waals surface area contributed by atoms with Gasteiger partial charge in [-0.25, -0.2) is 8.42 Å². The number of hydrogen-bond donors (Lipinski definition) is 1. The smallest absolute Gasteiger partial charge is 0.164 e. The molecule has 100 valence electrons. The van der Waals surface area contributed by atoms with Gasteiger partial charge >= 0.3 is 0 Å². The van der Waals surface area contributed by atoms with Crippen molar-refractivity contribution in [3.8, 4) is 0 Å². The zero-order chi connectivity index (χ0) is 12.7. The number of sulfone groups is 1. The largest absolute Gasteiger partial charge is 0.329 e. The molecule has 6 heteroatoms. The standard InChI is InChI=1S/C11H22N2O2S2/c1-9-5-11(6-9,8-12)13-3-4-16-7-10(13)17(2,14)15/h9-10H,3-8,12H2,1-2H3. The maximum Gasteiger partial charge on any atom is 0.164 e. The summed E-state index contributed by atoms with van der Waals surface area (Å²) in [5, 5.41) is -0.336. The molecule has 0 aromatic carbocycles. The molecular formula is C11H22N2O2S2. The molecule has 1 saturated heterocycles. The van der Waals surface area contributed by atoms with Crippen LogP contribution >= 0.6 is 11.8 Å². The van der Waals surface area contributed by atoms with Gasteiger partial charge in [0.15, 0.2) is 9.84 Å². The first-order chi connectivity index (χ1) is 7.89. The first kappa shape index (κ1) is 13.6. The van der Waals surface area contributed by atoms with Gasteiger partial charge in [-0.05, 0) is 18.8 Å². The van der Waals surface area contributed by atoms with Crippen LogP contribution in [0, 0.1) is 5.92 Å². The Balaban J connectivity index is 2.22. The Morgan fingerprint density at radius 2 is 2.12 bits per heavy atom. The molecule has 1 aliphatic carbocycles. The van der Waals surface area contributed by atoms with Crippen molar-refractivity contribution < 1.29 is 8.42 Å². The molecule has 1 unspecified atom stereocenters. The van der Waals surface area contributed by atoms with E-state index in [1.165, 1.54) is 6.26 Å². The quantitative estimate of drug-likeness (QED) is 0.816. The monoisotopic (exact) mass is 278 g/mol. The van der Waals surface area contributed by atoms with Gasteiger partial charge in [-0.2, -0.15) is 11.8 Å². The highest BCUT2D eigenvalue weighted by atomic mass is 32.2. The maximum absolute atomic E-state index is 11.9. The van der Waals surface area contributed by atoms with Gasteiger partial charge in [0.1, 0.15) is 5.37 Å². The van der Waals surface area contributed by atoms with Crippen LogP contribution in [0.25, 0.3) is 0 Å². The summed E-state index contributed by atoms with van der Waals surface area (Å²) in [6.07, 6.45) is 3.43. The molecule has 2 rings (SSSR count). The Bertz CT molecular complexity index is 377. The fraction of sp³-hybridized carbons (Fsp3) is 1.00. The van der Waals surface area contributed by atoms with E-state index in [4.69, 9.17) is 5.73 Å². The fourth-order valence-corrected chi connectivity index (χ4v) is 6.18. The Hall–Kier alpha value is 0.220. The summed E-state index contributed by atoms with van der Waals surface area (Å²) < 4.78 is 23.8. The zero-order valence-electron chi connectivity index (χ0n) is 10.6. The molecular weight excluding hydrogens is 256 g/mol. The van der Waals surface area contributed by atoms with Crippen LogP contribution in [0.5, 0.6) is 0 Å². The Morgan fingerprint density at radius 3 is 2.59 bits per heavy atom. The minimum atomic E-state index is -3.01. The van der Waals surface area contributed by atoms with E-state index in [2.05, 4.69) is 11.8 Å². The lowest BCUT2D eigenvalue weighted by atomic mass is 9.68. The fourth-order valence-electron chi connectivity index (χ4n) is 3.23. The van der Waals surface area contributed by atoms with Crippen molar-refractivity contribution in [3.05, 3.63) is 0 Å². The van der Waals surface area contributed by atoms with E-state index in [9.17, 15) is 8.42 Å². The van der Waals surface area contributed by atoms with Gasteiger partial charge in [-0.15, -0.1) is 0 Å². The van der Waals surface area contributed by atoms with Gasteiger partial charge in [-0.1, -0.05) is 6.92 Å². The van der Waals surface area contributed by atoms with Crippen LogP contribution in [0.4, 0.5) is 0 Å². The molecule has 0 bridgehead atoms. The van der Waals surface area contributed by atoms with Crippen molar-refractivity contribution in [2.75, 3.05) is 30.9 Å². The minimum absolute atomic E-state index is 0.0475. The van der Waals surface area contributed by atoms with Crippen molar-refractivity contribution >= 4 is 21.6 Å². The normalized spacial score (nSPS) is 39.9. The molecule has 1 heterocycles. The third kappa shape index (κ3) is 2.50. The number of nitrogens with zero attached hydrogens (tertiary/aromatic N) is 1. The van der Waals surface area contributed by atoms with Crippen LogP contribution in [-0.4, -0.2) is 55.1 Å². The van der Waals surface area contributed by atoms with E-state index in [0.29, 0.717) is 18.2 Å². The van der Waals surface area contributed by atoms with E-state index in [-0.39, 0.29) is 10.9 Å². The van der Waals surface area contributed by atoms with Crippen molar-refractivity contribution in [2.24, 2.45) is 11.7 Å². The summed E-state index contributed by atoms with van der Waals surface area (Å²) in [5.41, 5.74) is 5.88. The summed E-state index contributed by atoms with van der Waals surface area (Å²) >= 11 is 1.73. The number of thioether (sulfide) groups is 1. The Kier molecular flexibility index (Phi) is 3.79. The van der Waals surface area contributed by atoms with Crippen LogP contribution < -0.4 is 5.73 Å². The first-order valence-electron chi connectivity index (χ1n) is 6.12. The Labute approximate surface area is 108 Å². The molecule has 2 aliphatic rings. The zero-order valence-corrected chi connectivity index (χ0v) is 12.2. The molecule has 0 spiro atoms. The average molecular weight is 278 g/mol. The Morgan fingerprint density at radius 1 is 1.47 bits per heavy atom. The highest BCUT2D eigenvalue weighted by Crippen LogP contribution is 2.44. The maximum atomic E-state index is 11.9. The van der Waals surface area contributed by atoms with Gasteiger partial charge in [0.2, 0.25) is 0 Å². The van der Waals surface area contributed by atoms with E-state index >= 15 is 0 Å². The number of rotatable bonds is 3. The second kappa shape index (κ2) is 4.72. The van der Waals surface area contributed by atoms with Crippen LogP contribution in [0.15, 0.2) is 0 Å². The van der Waals surface area contributed by atoms with Crippen molar-refractivity contribution in [2.45, 2.75) is 30.7 Å². The SMILES string of the molecule is CC1CC(CN)(N2CCSCC2S(C)(=O)=O)C1. The highest BCUT2D eigenvalue weighted by molar-refractivity contribution is 8.00. The summed E-state index contributed by atoms with van der Waals surface area (Å²) in [6.45, 7) is 3.64. The summed E-state index contributed by atoms with van der Waals surface area (Å²) in [7, 11) is -3.01. The number of hydrogen-bond acceptors (Lipinski definition) is 5. The number of nitrogens with two attached hydrogens (primary N) is 1. The molecule has 1 saturated carbocycles. The summed E-state index contributed by atoms with van der Waals surface area (Å²) in [4.78, 5) is 2.18. The molecule has 2 N–H and O–H groups in total. The van der Waals surface area contributed by atoms with Crippen molar-refractivity contribution in [3.63, 3.8) is 0 Å². The predicted molar refractivity (Wildman–Crippen MR) is 72.8 cm³/mol. The molecule has 17 heavy (non-hydrogen) atoms. The second-order valence-electron chi connectivity index (χ2n) is 5.49. The lowest BCUT2D eigenvalue weighted by Crippen LogP contribution is -2.67. The van der Waals surface area contributed by atoms with Gasteiger partial charge < -0.3 is 5.73 Å². The van der Waals surface area contributed by atoms with Crippen molar-refractivity contribution in [1.82, 2.24) is 4.90 Å². The first-order valence-corrected chi connectivity index (χ1v) is 9.23. The molecule has 1 atom stereocenters. The second-order valence-corrected chi connectivity index (χ2v) is 8.85. The molecule has 0 radical (unpaired) electrons. The van der Waals surface area contributed by atoms with Crippen LogP contribution in [0.2, 0.25) is 0 Å². The van der Waals surface area contributed by atoms with E-state index in [0.717, 1.165) is 25.1 Å². The van der Waals surface area contributed by atoms with Gasteiger partial charge in [0.25, 0.3) is 0 Å². The minimum Gasteiger partial charge on any atom is -0.329 e. The summed E-state index contributed by atoms with van der Waals surface area (Å²) in [5.74, 6) is 2.38. The molecule has 2 fully saturated rings. The predicted octanol–water partition coefficient (Wildman–Crippen LogP) is 0.533. The van der Waals surface area contributed by atoms with Gasteiger partial charge in [0.05, 0.1) is 0 Å². The molecule has 1 aliphatic heterocycles. The van der Waals surface area contributed by atoms with E-state index in [1.807, 2.05) is 0 Å². The third-order valence-electron chi connectivity index (χ3n) is 4.02. The highest BCUT2D eigenvalue weighted by Gasteiger charge is 2.50. The van der Waals surface area contributed by atoms with E-state index < -0.39 is 9.84 Å². The summed E-state index contributed by atoms with van der Waals surface area (Å²) in [6, 6.07) is 0. The molecule has 0 aromatic heterocycles. The topological polar surface area (TPSA) is 63.4 Å². The lowest BCUT2D eigenvalue weighted by Gasteiger charge is -2.56. The van der Waals surface area contributed by atoms with Gasteiger partial charge in [-0.3, -0.25) is 4.90 Å². The molecule has 4 nitrogen and oxygen atoms in total. The molecule has 0 aromatic rings. The van der Waals surface area contributed by atoms with Crippen LogP contribution in [-0.2, 0) is 9.84 Å². The van der Waals surface area contributed by atoms with Crippen LogP contribution in [0.3, 0.4) is 0 Å². The van der Waals surface area contributed by atoms with Gasteiger partial charge in [0, 0.05) is 36.4 Å². The van der Waals surface area contributed by atoms with Crippen LogP contribution in [0.1, 0.15) is 19.8 Å². The average Bonchev–Trinajstić information content (AvgIpc) is 2.23. The lowest BCUT2D eigenvalue weighted by molar-refractivity contribution is -0.0157. The third-order valence-corrected chi connectivity index (χ3v) is 6.67. The van der Waals surface area contributed by atoms with Crippen molar-refractivity contribution in [1.29, 1.82) is 0 Å². The molecule has 0 amide bonds.